The number of aliphatic carboxylic acids is 1. The molecule has 0 fully saturated rings. The zero-order valence-corrected chi connectivity index (χ0v) is 13.3. The molecule has 21 heavy (non-hydrogen) atoms. The lowest BCUT2D eigenvalue weighted by Crippen LogP contribution is -2.41. The molecule has 0 unspecified atom stereocenters. The minimum atomic E-state index is -1.19. The summed E-state index contributed by atoms with van der Waals surface area (Å²) in [5, 5.41) is 11.5. The molecule has 2 N–H and O–H groups in total. The van der Waals surface area contributed by atoms with Gasteiger partial charge in [0.05, 0.1) is 7.11 Å². The Morgan fingerprint density at radius 1 is 1.38 bits per heavy atom. The topological polar surface area (TPSA) is 92.7 Å². The maximum atomic E-state index is 12.1. The van der Waals surface area contributed by atoms with Gasteiger partial charge in [-0.05, 0) is 37.1 Å². The average Bonchev–Trinajstić information content (AvgIpc) is 2.42. The van der Waals surface area contributed by atoms with Gasteiger partial charge in [-0.25, -0.2) is 4.79 Å². The van der Waals surface area contributed by atoms with Crippen LogP contribution in [0.2, 0.25) is 0 Å². The second-order valence-corrected chi connectivity index (χ2v) is 5.35. The van der Waals surface area contributed by atoms with Crippen molar-refractivity contribution in [2.75, 3.05) is 7.11 Å². The summed E-state index contributed by atoms with van der Waals surface area (Å²) >= 11 is 3.29. The monoisotopic (exact) mass is 357 g/mol. The first-order valence-electron chi connectivity index (χ1n) is 6.21. The Kier molecular flexibility index (Phi) is 6.36. The van der Waals surface area contributed by atoms with E-state index in [1.165, 1.54) is 7.11 Å². The molecular formula is C14H16BrNO5. The highest BCUT2D eigenvalue weighted by molar-refractivity contribution is 9.10. The summed E-state index contributed by atoms with van der Waals surface area (Å²) in [5.41, 5.74) is 1.11. The van der Waals surface area contributed by atoms with Crippen LogP contribution in [0.15, 0.2) is 22.7 Å². The Morgan fingerprint density at radius 2 is 2.05 bits per heavy atom. The third kappa shape index (κ3) is 5.18. The molecule has 0 saturated heterocycles. The van der Waals surface area contributed by atoms with Crippen LogP contribution in [0.1, 0.15) is 28.8 Å². The Balaban J connectivity index is 2.76. The summed E-state index contributed by atoms with van der Waals surface area (Å²) in [6.45, 7) is 1.75. The largest absolute Gasteiger partial charge is 0.480 e. The van der Waals surface area contributed by atoms with Gasteiger partial charge in [-0.1, -0.05) is 15.9 Å². The van der Waals surface area contributed by atoms with E-state index in [0.29, 0.717) is 5.56 Å². The Bertz CT molecular complexity index is 558. The molecule has 6 nitrogen and oxygen atoms in total. The predicted octanol–water partition coefficient (Wildman–Crippen LogP) is 1.89. The molecule has 0 radical (unpaired) electrons. The lowest BCUT2D eigenvalue weighted by molar-refractivity contribution is -0.142. The maximum absolute atomic E-state index is 12.1. The molecule has 1 aromatic carbocycles. The lowest BCUT2D eigenvalue weighted by atomic mass is 10.1. The van der Waals surface area contributed by atoms with Crippen molar-refractivity contribution in [1.82, 2.24) is 5.32 Å². The molecule has 0 aromatic heterocycles. The number of aryl methyl sites for hydroxylation is 1. The number of ether oxygens (including phenoxy) is 1. The van der Waals surface area contributed by atoms with Crippen LogP contribution in [0, 0.1) is 6.92 Å². The molecule has 1 atom stereocenters. The number of hydrogen-bond acceptors (Lipinski definition) is 4. The molecule has 1 aromatic rings. The average molecular weight is 358 g/mol. The van der Waals surface area contributed by atoms with Crippen molar-refractivity contribution in [2.45, 2.75) is 25.8 Å². The Morgan fingerprint density at radius 3 is 2.57 bits per heavy atom. The minimum absolute atomic E-state index is 0.0245. The SMILES string of the molecule is COC(=O)CC[C@@H](NC(=O)c1ccc(Br)cc1C)C(=O)O. The molecule has 0 aliphatic rings. The second-order valence-electron chi connectivity index (χ2n) is 4.44. The van der Waals surface area contributed by atoms with E-state index < -0.39 is 23.9 Å². The van der Waals surface area contributed by atoms with Crippen LogP contribution in [0.25, 0.3) is 0 Å². The third-order valence-corrected chi connectivity index (χ3v) is 3.39. The van der Waals surface area contributed by atoms with Crippen molar-refractivity contribution in [2.24, 2.45) is 0 Å². The van der Waals surface area contributed by atoms with Gasteiger partial charge in [0.2, 0.25) is 0 Å². The highest BCUT2D eigenvalue weighted by Gasteiger charge is 2.22. The number of rotatable bonds is 6. The number of nitrogens with one attached hydrogen (secondary N) is 1. The molecule has 0 saturated carbocycles. The van der Waals surface area contributed by atoms with Crippen LogP contribution in [-0.4, -0.2) is 36.1 Å². The second kappa shape index (κ2) is 7.78. The van der Waals surface area contributed by atoms with Crippen molar-refractivity contribution >= 4 is 33.8 Å². The Labute approximate surface area is 130 Å². The van der Waals surface area contributed by atoms with Crippen LogP contribution in [-0.2, 0) is 14.3 Å². The van der Waals surface area contributed by atoms with Crippen molar-refractivity contribution in [3.05, 3.63) is 33.8 Å². The van der Waals surface area contributed by atoms with Crippen LogP contribution in [0.5, 0.6) is 0 Å². The van der Waals surface area contributed by atoms with Crippen molar-refractivity contribution in [3.8, 4) is 0 Å². The van der Waals surface area contributed by atoms with Crippen molar-refractivity contribution in [1.29, 1.82) is 0 Å². The summed E-state index contributed by atoms with van der Waals surface area (Å²) in [6, 6.07) is 3.93. The molecule has 7 heteroatoms. The van der Waals surface area contributed by atoms with Gasteiger partial charge in [-0.15, -0.1) is 0 Å². The molecule has 1 rings (SSSR count). The number of carbonyl (C=O) groups excluding carboxylic acids is 2. The highest BCUT2D eigenvalue weighted by Crippen LogP contribution is 2.16. The lowest BCUT2D eigenvalue weighted by Gasteiger charge is -2.15. The summed E-state index contributed by atoms with van der Waals surface area (Å²) in [4.78, 5) is 34.3. The normalized spacial score (nSPS) is 11.6. The number of esters is 1. The number of carbonyl (C=O) groups is 3. The number of methoxy groups -OCH3 is 1. The number of halogens is 1. The number of carboxylic acid groups (broad SMARTS) is 1. The van der Waals surface area contributed by atoms with Gasteiger partial charge >= 0.3 is 11.9 Å². The molecule has 114 valence electrons. The van der Waals surface area contributed by atoms with Gasteiger partial charge in [-0.3, -0.25) is 9.59 Å². The fourth-order valence-corrected chi connectivity index (χ4v) is 2.22. The first-order chi connectivity index (χ1) is 9.85. The minimum Gasteiger partial charge on any atom is -0.480 e. The number of amides is 1. The van der Waals surface area contributed by atoms with E-state index in [9.17, 15) is 14.4 Å². The molecule has 0 spiro atoms. The van der Waals surface area contributed by atoms with E-state index in [1.54, 1.807) is 25.1 Å². The first kappa shape index (κ1) is 17.2. The van der Waals surface area contributed by atoms with Gasteiger partial charge in [-0.2, -0.15) is 0 Å². The highest BCUT2D eigenvalue weighted by atomic mass is 79.9. The molecule has 0 aliphatic heterocycles. The number of benzene rings is 1. The fourth-order valence-electron chi connectivity index (χ4n) is 1.74. The van der Waals surface area contributed by atoms with Crippen LogP contribution < -0.4 is 5.32 Å². The van der Waals surface area contributed by atoms with Gasteiger partial charge < -0.3 is 15.2 Å². The third-order valence-electron chi connectivity index (χ3n) is 2.90. The zero-order valence-electron chi connectivity index (χ0n) is 11.7. The molecule has 1 amide bonds. The summed E-state index contributed by atoms with van der Waals surface area (Å²) in [6.07, 6.45) is -0.101. The number of hydrogen-bond donors (Lipinski definition) is 2. The quantitative estimate of drug-likeness (QED) is 0.758. The van der Waals surface area contributed by atoms with E-state index in [2.05, 4.69) is 26.0 Å². The molecule has 0 bridgehead atoms. The summed E-state index contributed by atoms with van der Waals surface area (Å²) in [5.74, 6) is -2.20. The van der Waals surface area contributed by atoms with Crippen LogP contribution in [0.4, 0.5) is 0 Å². The summed E-state index contributed by atoms with van der Waals surface area (Å²) < 4.78 is 5.28. The molecular weight excluding hydrogens is 342 g/mol. The van der Waals surface area contributed by atoms with Crippen LogP contribution >= 0.6 is 15.9 Å². The Hall–Kier alpha value is -1.89. The fraction of sp³-hybridized carbons (Fsp3) is 0.357. The van der Waals surface area contributed by atoms with Crippen molar-refractivity contribution in [3.63, 3.8) is 0 Å². The van der Waals surface area contributed by atoms with E-state index in [4.69, 9.17) is 5.11 Å². The predicted molar refractivity (Wildman–Crippen MR) is 79.0 cm³/mol. The van der Waals surface area contributed by atoms with E-state index in [-0.39, 0.29) is 12.8 Å². The van der Waals surface area contributed by atoms with Gasteiger partial charge in [0.15, 0.2) is 0 Å². The van der Waals surface area contributed by atoms with E-state index in [1.807, 2.05) is 0 Å². The van der Waals surface area contributed by atoms with Gasteiger partial charge in [0, 0.05) is 16.5 Å². The smallest absolute Gasteiger partial charge is 0.326 e. The zero-order chi connectivity index (χ0) is 16.0. The van der Waals surface area contributed by atoms with E-state index >= 15 is 0 Å². The van der Waals surface area contributed by atoms with Gasteiger partial charge in [0.1, 0.15) is 6.04 Å². The first-order valence-corrected chi connectivity index (χ1v) is 7.01. The molecule has 0 heterocycles. The maximum Gasteiger partial charge on any atom is 0.326 e. The van der Waals surface area contributed by atoms with E-state index in [0.717, 1.165) is 10.0 Å². The van der Waals surface area contributed by atoms with Crippen LogP contribution in [0.3, 0.4) is 0 Å². The van der Waals surface area contributed by atoms with Gasteiger partial charge in [0.25, 0.3) is 5.91 Å². The standard InChI is InChI=1S/C14H16BrNO5/c1-8-7-9(15)3-4-10(8)13(18)16-11(14(19)20)5-6-12(17)21-2/h3-4,7,11H,5-6H2,1-2H3,(H,16,18)(H,19,20)/t11-/m1/s1. The summed E-state index contributed by atoms with van der Waals surface area (Å²) in [7, 11) is 1.22. The van der Waals surface area contributed by atoms with Crippen molar-refractivity contribution < 1.29 is 24.2 Å². The number of carboxylic acids is 1. The molecule has 0 aliphatic carbocycles.